The van der Waals surface area contributed by atoms with E-state index < -0.39 is 0 Å². The molecule has 1 aromatic carbocycles. The highest BCUT2D eigenvalue weighted by atomic mass is 16.2. The Kier molecular flexibility index (Phi) is 4.46. The van der Waals surface area contributed by atoms with E-state index in [1.165, 1.54) is 19.3 Å². The van der Waals surface area contributed by atoms with Crippen molar-refractivity contribution in [2.75, 3.05) is 11.4 Å². The first kappa shape index (κ1) is 15.1. The first-order valence-electron chi connectivity index (χ1n) is 8.44. The zero-order valence-electron chi connectivity index (χ0n) is 13.2. The Morgan fingerprint density at radius 3 is 2.73 bits per heavy atom. The molecule has 1 fully saturated rings. The molecule has 1 heterocycles. The summed E-state index contributed by atoms with van der Waals surface area (Å²) in [6.07, 6.45) is 7.13. The first-order valence-corrected chi connectivity index (χ1v) is 8.44. The van der Waals surface area contributed by atoms with Gasteiger partial charge in [-0.1, -0.05) is 32.3 Å². The van der Waals surface area contributed by atoms with Gasteiger partial charge in [-0.3, -0.25) is 9.59 Å². The van der Waals surface area contributed by atoms with Crippen molar-refractivity contribution in [3.05, 3.63) is 29.3 Å². The molecule has 4 heteroatoms. The Hall–Kier alpha value is -1.84. The third-order valence-electron chi connectivity index (χ3n) is 4.82. The SMILES string of the molecule is CCC(=O)N1CCc2c(C(=O)NC3CCCCC3)cccc21. The molecule has 2 amide bonds. The lowest BCUT2D eigenvalue weighted by Crippen LogP contribution is -2.36. The van der Waals surface area contributed by atoms with Crippen LogP contribution < -0.4 is 10.2 Å². The van der Waals surface area contributed by atoms with Gasteiger partial charge in [0.05, 0.1) is 0 Å². The van der Waals surface area contributed by atoms with Gasteiger partial charge in [0.25, 0.3) is 5.91 Å². The van der Waals surface area contributed by atoms with E-state index in [4.69, 9.17) is 0 Å². The minimum atomic E-state index is 0.0227. The highest BCUT2D eigenvalue weighted by Crippen LogP contribution is 2.31. The first-order chi connectivity index (χ1) is 10.7. The summed E-state index contributed by atoms with van der Waals surface area (Å²) in [5, 5.41) is 3.18. The van der Waals surface area contributed by atoms with Crippen molar-refractivity contribution < 1.29 is 9.59 Å². The van der Waals surface area contributed by atoms with Gasteiger partial charge in [-0.2, -0.15) is 0 Å². The zero-order valence-corrected chi connectivity index (χ0v) is 13.2. The van der Waals surface area contributed by atoms with E-state index in [-0.39, 0.29) is 11.8 Å². The van der Waals surface area contributed by atoms with Gasteiger partial charge in [-0.05, 0) is 37.0 Å². The maximum atomic E-state index is 12.6. The number of amides is 2. The second kappa shape index (κ2) is 6.51. The number of nitrogens with one attached hydrogen (secondary N) is 1. The number of benzene rings is 1. The molecule has 2 aliphatic rings. The molecule has 1 aliphatic carbocycles. The number of hydrogen-bond donors (Lipinski definition) is 1. The molecule has 1 saturated carbocycles. The summed E-state index contributed by atoms with van der Waals surface area (Å²) in [5.74, 6) is 0.151. The van der Waals surface area contributed by atoms with Crippen LogP contribution in [0, 0.1) is 0 Å². The fourth-order valence-corrected chi connectivity index (χ4v) is 3.61. The maximum absolute atomic E-state index is 12.6. The molecule has 0 aromatic heterocycles. The lowest BCUT2D eigenvalue weighted by atomic mass is 9.95. The van der Waals surface area contributed by atoms with Gasteiger partial charge in [-0.15, -0.1) is 0 Å². The molecule has 118 valence electrons. The van der Waals surface area contributed by atoms with Crippen LogP contribution in [-0.2, 0) is 11.2 Å². The second-order valence-electron chi connectivity index (χ2n) is 6.26. The molecule has 1 aliphatic heterocycles. The number of carbonyl (C=O) groups excluding carboxylic acids is 2. The summed E-state index contributed by atoms with van der Waals surface area (Å²) in [6.45, 7) is 2.57. The predicted octanol–water partition coefficient (Wildman–Crippen LogP) is 3.05. The molecule has 0 spiro atoms. The van der Waals surface area contributed by atoms with E-state index in [0.29, 0.717) is 19.0 Å². The lowest BCUT2D eigenvalue weighted by molar-refractivity contribution is -0.118. The lowest BCUT2D eigenvalue weighted by Gasteiger charge is -2.23. The summed E-state index contributed by atoms with van der Waals surface area (Å²) in [5.41, 5.74) is 2.69. The molecule has 1 N–H and O–H groups in total. The predicted molar refractivity (Wildman–Crippen MR) is 87.1 cm³/mol. The minimum absolute atomic E-state index is 0.0227. The van der Waals surface area contributed by atoms with Crippen molar-refractivity contribution in [2.24, 2.45) is 0 Å². The Morgan fingerprint density at radius 1 is 1.23 bits per heavy atom. The molecule has 0 saturated heterocycles. The van der Waals surface area contributed by atoms with Gasteiger partial charge in [0.15, 0.2) is 0 Å². The van der Waals surface area contributed by atoms with E-state index in [2.05, 4.69) is 5.32 Å². The monoisotopic (exact) mass is 300 g/mol. The van der Waals surface area contributed by atoms with Crippen LogP contribution in [0.15, 0.2) is 18.2 Å². The van der Waals surface area contributed by atoms with Gasteiger partial charge < -0.3 is 10.2 Å². The molecule has 0 radical (unpaired) electrons. The van der Waals surface area contributed by atoms with Crippen molar-refractivity contribution in [2.45, 2.75) is 57.9 Å². The Morgan fingerprint density at radius 2 is 2.00 bits per heavy atom. The van der Waals surface area contributed by atoms with Gasteiger partial charge in [0, 0.05) is 30.3 Å². The smallest absolute Gasteiger partial charge is 0.251 e. The zero-order chi connectivity index (χ0) is 15.5. The van der Waals surface area contributed by atoms with Crippen molar-refractivity contribution in [1.82, 2.24) is 5.32 Å². The molecule has 0 unspecified atom stereocenters. The number of hydrogen-bond acceptors (Lipinski definition) is 2. The van der Waals surface area contributed by atoms with Crippen molar-refractivity contribution >= 4 is 17.5 Å². The van der Waals surface area contributed by atoms with E-state index in [0.717, 1.165) is 36.1 Å². The minimum Gasteiger partial charge on any atom is -0.349 e. The summed E-state index contributed by atoms with van der Waals surface area (Å²) in [4.78, 5) is 26.4. The van der Waals surface area contributed by atoms with E-state index in [1.54, 1.807) is 0 Å². The Bertz CT molecular complexity index is 576. The van der Waals surface area contributed by atoms with Crippen molar-refractivity contribution in [1.29, 1.82) is 0 Å². The van der Waals surface area contributed by atoms with Gasteiger partial charge in [0.1, 0.15) is 0 Å². The Balaban J connectivity index is 1.79. The highest BCUT2D eigenvalue weighted by Gasteiger charge is 2.28. The topological polar surface area (TPSA) is 49.4 Å². The van der Waals surface area contributed by atoms with Crippen molar-refractivity contribution in [3.63, 3.8) is 0 Å². The largest absolute Gasteiger partial charge is 0.349 e. The average Bonchev–Trinajstić information content (AvgIpc) is 2.99. The van der Waals surface area contributed by atoms with E-state index >= 15 is 0 Å². The molecule has 22 heavy (non-hydrogen) atoms. The number of anilines is 1. The third-order valence-corrected chi connectivity index (χ3v) is 4.82. The van der Waals surface area contributed by atoms with Crippen LogP contribution in [-0.4, -0.2) is 24.4 Å². The number of rotatable bonds is 3. The fraction of sp³-hybridized carbons (Fsp3) is 0.556. The Labute approximate surface area is 131 Å². The molecule has 3 rings (SSSR count). The van der Waals surface area contributed by atoms with Crippen LogP contribution in [0.2, 0.25) is 0 Å². The van der Waals surface area contributed by atoms with Crippen LogP contribution in [0.25, 0.3) is 0 Å². The number of nitrogens with zero attached hydrogens (tertiary/aromatic N) is 1. The van der Waals surface area contributed by atoms with Crippen LogP contribution in [0.5, 0.6) is 0 Å². The molecule has 1 aromatic rings. The van der Waals surface area contributed by atoms with Crippen LogP contribution >= 0.6 is 0 Å². The normalized spacial score (nSPS) is 18.1. The summed E-state index contributed by atoms with van der Waals surface area (Å²) >= 11 is 0. The fourth-order valence-electron chi connectivity index (χ4n) is 3.61. The molecule has 4 nitrogen and oxygen atoms in total. The van der Waals surface area contributed by atoms with Crippen LogP contribution in [0.4, 0.5) is 5.69 Å². The van der Waals surface area contributed by atoms with Gasteiger partial charge >= 0.3 is 0 Å². The molecular weight excluding hydrogens is 276 g/mol. The number of carbonyl (C=O) groups is 2. The summed E-state index contributed by atoms with van der Waals surface area (Å²) in [6, 6.07) is 6.03. The second-order valence-corrected chi connectivity index (χ2v) is 6.26. The van der Waals surface area contributed by atoms with E-state index in [9.17, 15) is 9.59 Å². The summed E-state index contributed by atoms with van der Waals surface area (Å²) in [7, 11) is 0. The number of fused-ring (bicyclic) bond motifs is 1. The standard InChI is InChI=1S/C18H24N2O2/c1-2-17(21)20-12-11-14-15(9-6-10-16(14)20)18(22)19-13-7-4-3-5-8-13/h6,9-10,13H,2-5,7-8,11-12H2,1H3,(H,19,22). The third kappa shape index (κ3) is 2.87. The molecule has 0 bridgehead atoms. The van der Waals surface area contributed by atoms with Gasteiger partial charge in [0.2, 0.25) is 5.91 Å². The maximum Gasteiger partial charge on any atom is 0.251 e. The summed E-state index contributed by atoms with van der Waals surface area (Å²) < 4.78 is 0. The quantitative estimate of drug-likeness (QED) is 0.932. The van der Waals surface area contributed by atoms with Crippen LogP contribution in [0.1, 0.15) is 61.4 Å². The van der Waals surface area contributed by atoms with Gasteiger partial charge in [-0.25, -0.2) is 0 Å². The van der Waals surface area contributed by atoms with Crippen LogP contribution in [0.3, 0.4) is 0 Å². The molecule has 0 atom stereocenters. The molecular formula is C18H24N2O2. The van der Waals surface area contributed by atoms with Crippen molar-refractivity contribution in [3.8, 4) is 0 Å². The average molecular weight is 300 g/mol. The highest BCUT2D eigenvalue weighted by molar-refractivity contribution is 6.01. The van der Waals surface area contributed by atoms with E-state index in [1.807, 2.05) is 30.0 Å².